The molecule has 0 N–H and O–H groups in total. The van der Waals surface area contributed by atoms with Gasteiger partial charge in [0, 0.05) is 30.9 Å². The molecule has 0 bridgehead atoms. The third kappa shape index (κ3) is 4.75. The van der Waals surface area contributed by atoms with Crippen LogP contribution in [0.5, 0.6) is 0 Å². The molecule has 0 saturated carbocycles. The summed E-state index contributed by atoms with van der Waals surface area (Å²) in [6.45, 7) is 1.91. The van der Waals surface area contributed by atoms with Crippen molar-refractivity contribution < 1.29 is 26.3 Å². The summed E-state index contributed by atoms with van der Waals surface area (Å²) in [6.07, 6.45) is -0.414. The number of nitrogens with zero attached hydrogens (tertiary/aromatic N) is 4. The van der Waals surface area contributed by atoms with Gasteiger partial charge in [-0.15, -0.1) is 0 Å². The van der Waals surface area contributed by atoms with Gasteiger partial charge in [-0.1, -0.05) is 30.3 Å². The summed E-state index contributed by atoms with van der Waals surface area (Å²) in [5.41, 5.74) is -0.00337. The number of imidazole rings is 1. The Bertz CT molecular complexity index is 1480. The van der Waals surface area contributed by atoms with Gasteiger partial charge in [-0.3, -0.25) is 14.1 Å². The Hall–Kier alpha value is -3.60. The van der Waals surface area contributed by atoms with Crippen molar-refractivity contribution in [2.24, 2.45) is 7.05 Å². The highest BCUT2D eigenvalue weighted by molar-refractivity contribution is 6.29. The lowest BCUT2D eigenvalue weighted by Gasteiger charge is -2.20. The second kappa shape index (κ2) is 9.12. The van der Waals surface area contributed by atoms with Gasteiger partial charge in [0.1, 0.15) is 23.2 Å². The van der Waals surface area contributed by atoms with E-state index < -0.39 is 30.2 Å². The molecule has 0 fully saturated rings. The van der Waals surface area contributed by atoms with Crippen LogP contribution in [0.4, 0.5) is 26.3 Å². The highest BCUT2D eigenvalue weighted by atomic mass is 35.5. The molecule has 0 saturated heterocycles. The van der Waals surface area contributed by atoms with Crippen molar-refractivity contribution in [1.29, 1.82) is 0 Å². The fraction of sp³-hybridized carbons (Fsp3) is 0.208. The minimum absolute atomic E-state index is 0.00345. The zero-order valence-corrected chi connectivity index (χ0v) is 19.3. The molecule has 1 aliphatic rings. The average molecular weight is 527 g/mol. The van der Waals surface area contributed by atoms with Gasteiger partial charge in [-0.25, -0.2) is 14.2 Å². The number of pyridine rings is 2. The molecule has 0 spiro atoms. The van der Waals surface area contributed by atoms with Crippen LogP contribution < -0.4 is 5.69 Å². The van der Waals surface area contributed by atoms with Gasteiger partial charge in [0.15, 0.2) is 0 Å². The van der Waals surface area contributed by atoms with Gasteiger partial charge in [-0.05, 0) is 41.5 Å². The summed E-state index contributed by atoms with van der Waals surface area (Å²) in [5, 5.41) is 0.283. The standard InChI is InChI=1S/C24H17ClF6N4O/c1-13-6-7-18-19(34(2)22(36)35(18)12-23(27,28)24(29,30)31)10-16(13)21-17(26)9-14(11-32-21)8-15-4-3-5-20(25)33-15/h3-7,9-11H,1,8,12H2,2H3. The first-order valence-electron chi connectivity index (χ1n) is 10.4. The van der Waals surface area contributed by atoms with Crippen molar-refractivity contribution in [3.05, 3.63) is 98.5 Å². The Balaban J connectivity index is 1.74. The summed E-state index contributed by atoms with van der Waals surface area (Å²) in [5.74, 6) is -5.87. The summed E-state index contributed by atoms with van der Waals surface area (Å²) < 4.78 is 82.2. The Morgan fingerprint density at radius 1 is 1.11 bits per heavy atom. The van der Waals surface area contributed by atoms with Crippen molar-refractivity contribution in [3.8, 4) is 0 Å². The molecular weight excluding hydrogens is 510 g/mol. The molecule has 0 aromatic carbocycles. The first kappa shape index (κ1) is 25.5. The van der Waals surface area contributed by atoms with Gasteiger partial charge in [0.25, 0.3) is 0 Å². The highest BCUT2D eigenvalue weighted by Crippen LogP contribution is 2.38. The van der Waals surface area contributed by atoms with E-state index in [1.807, 2.05) is 0 Å². The molecule has 3 heterocycles. The van der Waals surface area contributed by atoms with Crippen molar-refractivity contribution in [2.45, 2.75) is 25.1 Å². The van der Waals surface area contributed by atoms with E-state index >= 15 is 4.39 Å². The van der Waals surface area contributed by atoms with Gasteiger partial charge in [-0.2, -0.15) is 22.0 Å². The summed E-state index contributed by atoms with van der Waals surface area (Å²) >= 11 is 5.88. The molecule has 0 unspecified atom stereocenters. The lowest BCUT2D eigenvalue weighted by molar-refractivity contribution is -0.287. The maximum absolute atomic E-state index is 15.1. The number of fused-ring (bicyclic) bond motifs is 1. The lowest BCUT2D eigenvalue weighted by atomic mass is 10.0. The molecule has 4 rings (SSSR count). The number of hydrogen-bond acceptors (Lipinski definition) is 3. The van der Waals surface area contributed by atoms with Crippen LogP contribution in [-0.2, 0) is 20.0 Å². The maximum atomic E-state index is 15.1. The zero-order valence-electron chi connectivity index (χ0n) is 18.6. The SMILES string of the molecule is C=C1C=Cc2c(n(C)c(=O)n2CC(F)(F)C(F)(F)F)C=C1c1ncc(Cc2cccc(Cl)n2)cc1F. The smallest absolute Gasteiger partial charge is 0.295 e. The number of hydrogen-bond donors (Lipinski definition) is 0. The van der Waals surface area contributed by atoms with Crippen LogP contribution in [0, 0.1) is 5.82 Å². The topological polar surface area (TPSA) is 52.7 Å². The fourth-order valence-electron chi connectivity index (χ4n) is 3.73. The van der Waals surface area contributed by atoms with E-state index in [0.29, 0.717) is 15.8 Å². The molecule has 0 atom stereocenters. The van der Waals surface area contributed by atoms with Gasteiger partial charge in [0.2, 0.25) is 0 Å². The van der Waals surface area contributed by atoms with E-state index in [2.05, 4.69) is 16.5 Å². The molecule has 3 aromatic heterocycles. The summed E-state index contributed by atoms with van der Waals surface area (Å²) in [4.78, 5) is 20.9. The van der Waals surface area contributed by atoms with Crippen molar-refractivity contribution in [1.82, 2.24) is 19.1 Å². The molecule has 0 radical (unpaired) electrons. The molecule has 36 heavy (non-hydrogen) atoms. The lowest BCUT2D eigenvalue weighted by Crippen LogP contribution is -2.43. The molecular formula is C24H17ClF6N4O. The van der Waals surface area contributed by atoms with Gasteiger partial charge in [0.05, 0.1) is 11.4 Å². The number of rotatable bonds is 5. The Morgan fingerprint density at radius 2 is 1.83 bits per heavy atom. The van der Waals surface area contributed by atoms with Crippen LogP contribution in [0.1, 0.15) is 28.3 Å². The third-order valence-electron chi connectivity index (χ3n) is 5.58. The van der Waals surface area contributed by atoms with Crippen LogP contribution in [0.2, 0.25) is 5.15 Å². The minimum Gasteiger partial charge on any atom is -0.295 e. The van der Waals surface area contributed by atoms with E-state index in [1.165, 1.54) is 37.5 Å². The first-order chi connectivity index (χ1) is 16.8. The van der Waals surface area contributed by atoms with Crippen molar-refractivity contribution >= 4 is 29.3 Å². The highest BCUT2D eigenvalue weighted by Gasteiger charge is 2.58. The second-order valence-electron chi connectivity index (χ2n) is 8.12. The number of halogens is 7. The van der Waals surface area contributed by atoms with Crippen molar-refractivity contribution in [2.75, 3.05) is 0 Å². The molecule has 0 amide bonds. The maximum Gasteiger partial charge on any atom is 0.455 e. The zero-order chi connectivity index (χ0) is 26.4. The van der Waals surface area contributed by atoms with E-state index in [-0.39, 0.29) is 39.8 Å². The first-order valence-corrected chi connectivity index (χ1v) is 10.8. The quantitative estimate of drug-likeness (QED) is 0.317. The molecule has 1 aliphatic carbocycles. The Kier molecular flexibility index (Phi) is 6.46. The van der Waals surface area contributed by atoms with Crippen LogP contribution in [0.15, 0.2) is 53.5 Å². The number of aromatic nitrogens is 4. The molecule has 0 aliphatic heterocycles. The van der Waals surface area contributed by atoms with E-state index in [9.17, 15) is 26.7 Å². The van der Waals surface area contributed by atoms with Gasteiger partial charge < -0.3 is 0 Å². The van der Waals surface area contributed by atoms with E-state index in [1.54, 1.807) is 18.2 Å². The largest absolute Gasteiger partial charge is 0.455 e. The summed E-state index contributed by atoms with van der Waals surface area (Å²) in [7, 11) is 1.21. The molecule has 3 aromatic rings. The van der Waals surface area contributed by atoms with Crippen LogP contribution in [-0.4, -0.2) is 31.2 Å². The predicted molar refractivity (Wildman–Crippen MR) is 123 cm³/mol. The minimum atomic E-state index is -5.84. The van der Waals surface area contributed by atoms with Gasteiger partial charge >= 0.3 is 17.8 Å². The van der Waals surface area contributed by atoms with E-state index in [4.69, 9.17) is 11.6 Å². The number of alkyl halides is 5. The third-order valence-corrected chi connectivity index (χ3v) is 5.79. The molecule has 5 nitrogen and oxygen atoms in total. The average Bonchev–Trinajstić information content (AvgIpc) is 2.90. The Labute approximate surface area is 205 Å². The molecule has 12 heteroatoms. The monoisotopic (exact) mass is 526 g/mol. The fourth-order valence-corrected chi connectivity index (χ4v) is 3.92. The van der Waals surface area contributed by atoms with Crippen LogP contribution in [0.25, 0.3) is 17.7 Å². The number of allylic oxidation sites excluding steroid dienone is 3. The van der Waals surface area contributed by atoms with Crippen LogP contribution in [0.3, 0.4) is 0 Å². The normalized spacial score (nSPS) is 14.0. The van der Waals surface area contributed by atoms with Crippen molar-refractivity contribution in [3.63, 3.8) is 0 Å². The predicted octanol–water partition coefficient (Wildman–Crippen LogP) is 5.68. The Morgan fingerprint density at radius 3 is 2.47 bits per heavy atom. The molecule has 188 valence electrons. The second-order valence-corrected chi connectivity index (χ2v) is 8.51. The van der Waals surface area contributed by atoms with E-state index in [0.717, 1.165) is 4.57 Å². The summed E-state index contributed by atoms with van der Waals surface area (Å²) in [6, 6.07) is 6.26. The van der Waals surface area contributed by atoms with Crippen LogP contribution >= 0.6 is 11.6 Å².